The number of nitrogens with zero attached hydrogens (tertiary/aromatic N) is 2. The SMILES string of the molecule is CC(CNc1c(Cl)cccc1[N+](=O)[O-])N1CCCC1. The Morgan fingerprint density at radius 3 is 2.79 bits per heavy atom. The molecular formula is C13H18ClN3O2. The Morgan fingerprint density at radius 1 is 1.47 bits per heavy atom. The molecule has 5 nitrogen and oxygen atoms in total. The van der Waals surface area contributed by atoms with Crippen molar-refractivity contribution in [1.29, 1.82) is 0 Å². The number of anilines is 1. The standard InChI is InChI=1S/C13H18ClN3O2/c1-10(16-7-2-3-8-16)9-15-13-11(14)5-4-6-12(13)17(18)19/h4-6,10,15H,2-3,7-9H2,1H3. The number of nitro benzene ring substituents is 1. The quantitative estimate of drug-likeness (QED) is 0.666. The van der Waals surface area contributed by atoms with Crippen LogP contribution in [0.25, 0.3) is 0 Å². The summed E-state index contributed by atoms with van der Waals surface area (Å²) in [4.78, 5) is 12.9. The highest BCUT2D eigenvalue weighted by atomic mass is 35.5. The van der Waals surface area contributed by atoms with Crippen LogP contribution in [0.15, 0.2) is 18.2 Å². The van der Waals surface area contributed by atoms with Gasteiger partial charge in [0, 0.05) is 18.7 Å². The number of rotatable bonds is 5. The van der Waals surface area contributed by atoms with Gasteiger partial charge in [0.25, 0.3) is 5.69 Å². The molecule has 19 heavy (non-hydrogen) atoms. The lowest BCUT2D eigenvalue weighted by Crippen LogP contribution is -2.35. The molecule has 1 aromatic carbocycles. The average Bonchev–Trinajstić information content (AvgIpc) is 2.90. The molecule has 0 spiro atoms. The van der Waals surface area contributed by atoms with E-state index in [0.717, 1.165) is 13.1 Å². The van der Waals surface area contributed by atoms with E-state index in [9.17, 15) is 10.1 Å². The number of nitro groups is 1. The minimum Gasteiger partial charge on any atom is -0.377 e. The second-order valence-electron chi connectivity index (χ2n) is 4.86. The molecule has 104 valence electrons. The molecule has 2 rings (SSSR count). The highest BCUT2D eigenvalue weighted by molar-refractivity contribution is 6.33. The Kier molecular flexibility index (Phi) is 4.61. The van der Waals surface area contributed by atoms with E-state index in [1.54, 1.807) is 12.1 Å². The monoisotopic (exact) mass is 283 g/mol. The second-order valence-corrected chi connectivity index (χ2v) is 5.27. The van der Waals surface area contributed by atoms with Crippen LogP contribution in [-0.4, -0.2) is 35.5 Å². The highest BCUT2D eigenvalue weighted by Crippen LogP contribution is 2.31. The highest BCUT2D eigenvalue weighted by Gasteiger charge is 2.20. The lowest BCUT2D eigenvalue weighted by atomic mass is 10.2. The minimum absolute atomic E-state index is 0.0288. The molecular weight excluding hydrogens is 266 g/mol. The van der Waals surface area contributed by atoms with Gasteiger partial charge >= 0.3 is 0 Å². The van der Waals surface area contributed by atoms with Gasteiger partial charge in [-0.3, -0.25) is 15.0 Å². The van der Waals surface area contributed by atoms with Gasteiger partial charge in [0.15, 0.2) is 0 Å². The summed E-state index contributed by atoms with van der Waals surface area (Å²) in [5, 5.41) is 14.5. The summed E-state index contributed by atoms with van der Waals surface area (Å²) in [7, 11) is 0. The molecule has 1 saturated heterocycles. The molecule has 0 aliphatic carbocycles. The summed E-state index contributed by atoms with van der Waals surface area (Å²) in [6.07, 6.45) is 2.47. The van der Waals surface area contributed by atoms with Crippen molar-refractivity contribution in [2.75, 3.05) is 25.0 Å². The molecule has 0 saturated carbocycles. The van der Waals surface area contributed by atoms with Crippen molar-refractivity contribution in [1.82, 2.24) is 4.90 Å². The van der Waals surface area contributed by atoms with Gasteiger partial charge in [-0.25, -0.2) is 0 Å². The zero-order chi connectivity index (χ0) is 13.8. The van der Waals surface area contributed by atoms with E-state index in [1.165, 1.54) is 18.9 Å². The average molecular weight is 284 g/mol. The summed E-state index contributed by atoms with van der Waals surface area (Å²) in [5.74, 6) is 0. The third-order valence-corrected chi connectivity index (χ3v) is 3.84. The molecule has 0 amide bonds. The molecule has 1 aliphatic rings. The van der Waals surface area contributed by atoms with E-state index in [4.69, 9.17) is 11.6 Å². The minimum atomic E-state index is -0.408. The Morgan fingerprint density at radius 2 is 2.16 bits per heavy atom. The van der Waals surface area contributed by atoms with E-state index < -0.39 is 4.92 Å². The van der Waals surface area contributed by atoms with Crippen molar-refractivity contribution in [3.63, 3.8) is 0 Å². The molecule has 1 aromatic rings. The first-order chi connectivity index (χ1) is 9.09. The summed E-state index contributed by atoms with van der Waals surface area (Å²) in [5.41, 5.74) is 0.446. The van der Waals surface area contributed by atoms with Gasteiger partial charge in [0.2, 0.25) is 0 Å². The first-order valence-electron chi connectivity index (χ1n) is 6.50. The van der Waals surface area contributed by atoms with Crippen molar-refractivity contribution in [2.24, 2.45) is 0 Å². The maximum atomic E-state index is 11.0. The molecule has 1 aliphatic heterocycles. The van der Waals surface area contributed by atoms with Crippen LogP contribution >= 0.6 is 11.6 Å². The Hall–Kier alpha value is -1.33. The first-order valence-corrected chi connectivity index (χ1v) is 6.88. The van der Waals surface area contributed by atoms with Gasteiger partial charge in [-0.2, -0.15) is 0 Å². The molecule has 0 radical (unpaired) electrons. The molecule has 1 heterocycles. The van der Waals surface area contributed by atoms with E-state index in [1.807, 2.05) is 0 Å². The van der Waals surface area contributed by atoms with E-state index in [0.29, 0.717) is 23.3 Å². The van der Waals surface area contributed by atoms with Crippen LogP contribution in [0.5, 0.6) is 0 Å². The predicted molar refractivity (Wildman–Crippen MR) is 76.9 cm³/mol. The van der Waals surface area contributed by atoms with Crippen molar-refractivity contribution >= 4 is 23.0 Å². The van der Waals surface area contributed by atoms with Crippen molar-refractivity contribution in [2.45, 2.75) is 25.8 Å². The largest absolute Gasteiger partial charge is 0.377 e. The maximum Gasteiger partial charge on any atom is 0.293 e. The second kappa shape index (κ2) is 6.21. The lowest BCUT2D eigenvalue weighted by Gasteiger charge is -2.24. The number of likely N-dealkylation sites (tertiary alicyclic amines) is 1. The lowest BCUT2D eigenvalue weighted by molar-refractivity contribution is -0.383. The summed E-state index contributed by atoms with van der Waals surface area (Å²) < 4.78 is 0. The van der Waals surface area contributed by atoms with Gasteiger partial charge in [0.05, 0.1) is 9.95 Å². The van der Waals surface area contributed by atoms with Crippen molar-refractivity contribution in [3.05, 3.63) is 33.3 Å². The predicted octanol–water partition coefficient (Wildman–Crippen LogP) is 3.14. The zero-order valence-electron chi connectivity index (χ0n) is 10.9. The van der Waals surface area contributed by atoms with E-state index >= 15 is 0 Å². The van der Waals surface area contributed by atoms with Crippen molar-refractivity contribution < 1.29 is 4.92 Å². The summed E-state index contributed by atoms with van der Waals surface area (Å²) in [6.45, 7) is 4.99. The van der Waals surface area contributed by atoms with E-state index in [2.05, 4.69) is 17.1 Å². The third kappa shape index (κ3) is 3.36. The van der Waals surface area contributed by atoms with Crippen LogP contribution in [0.2, 0.25) is 5.02 Å². The van der Waals surface area contributed by atoms with Crippen LogP contribution < -0.4 is 5.32 Å². The van der Waals surface area contributed by atoms with Crippen molar-refractivity contribution in [3.8, 4) is 0 Å². The molecule has 0 bridgehead atoms. The smallest absolute Gasteiger partial charge is 0.293 e. The van der Waals surface area contributed by atoms with Gasteiger partial charge < -0.3 is 5.32 Å². The van der Waals surface area contributed by atoms with Crippen LogP contribution in [0.1, 0.15) is 19.8 Å². The normalized spacial score (nSPS) is 17.4. The Balaban J connectivity index is 2.04. The number of benzene rings is 1. The number of nitrogens with one attached hydrogen (secondary N) is 1. The topological polar surface area (TPSA) is 58.4 Å². The van der Waals surface area contributed by atoms with Crippen LogP contribution in [0.3, 0.4) is 0 Å². The van der Waals surface area contributed by atoms with Gasteiger partial charge in [-0.1, -0.05) is 17.7 Å². The summed E-state index contributed by atoms with van der Waals surface area (Å²) in [6, 6.07) is 5.07. The molecule has 1 N–H and O–H groups in total. The number of hydrogen-bond acceptors (Lipinski definition) is 4. The molecule has 6 heteroatoms. The maximum absolute atomic E-state index is 11.0. The molecule has 1 fully saturated rings. The Bertz CT molecular complexity index is 461. The van der Waals surface area contributed by atoms with Gasteiger partial charge in [-0.15, -0.1) is 0 Å². The van der Waals surface area contributed by atoms with E-state index in [-0.39, 0.29) is 5.69 Å². The summed E-state index contributed by atoms with van der Waals surface area (Å²) >= 11 is 6.04. The Labute approximate surface area is 117 Å². The fourth-order valence-electron chi connectivity index (χ4n) is 2.40. The van der Waals surface area contributed by atoms with Crippen LogP contribution in [0, 0.1) is 10.1 Å². The van der Waals surface area contributed by atoms with Gasteiger partial charge in [-0.05, 0) is 38.9 Å². The van der Waals surface area contributed by atoms with Gasteiger partial charge in [0.1, 0.15) is 5.69 Å². The molecule has 1 unspecified atom stereocenters. The van der Waals surface area contributed by atoms with Crippen LogP contribution in [0.4, 0.5) is 11.4 Å². The molecule has 0 aromatic heterocycles. The number of para-hydroxylation sites is 1. The number of halogens is 1. The fraction of sp³-hybridized carbons (Fsp3) is 0.538. The number of hydrogen-bond donors (Lipinski definition) is 1. The zero-order valence-corrected chi connectivity index (χ0v) is 11.7. The first kappa shape index (κ1) is 14.1. The van der Waals surface area contributed by atoms with Crippen LogP contribution in [-0.2, 0) is 0 Å². The third-order valence-electron chi connectivity index (χ3n) is 3.53. The molecule has 1 atom stereocenters. The fourth-order valence-corrected chi connectivity index (χ4v) is 2.64.